The molecule has 3 fully saturated rings. The first kappa shape index (κ1) is 12.7. The van der Waals surface area contributed by atoms with Crippen molar-refractivity contribution in [2.24, 2.45) is 22.2 Å². The second-order valence-corrected chi connectivity index (χ2v) is 9.79. The number of fused-ring (bicyclic) bond motifs is 3. The smallest absolute Gasteiger partial charge is 0.0588 e. The van der Waals surface area contributed by atoms with Crippen LogP contribution in [0.3, 0.4) is 0 Å². The highest BCUT2D eigenvalue weighted by Crippen LogP contribution is 2.79. The van der Waals surface area contributed by atoms with Gasteiger partial charge in [-0.1, -0.05) is 33.6 Å². The molecule has 96 valence electrons. The van der Waals surface area contributed by atoms with Crippen molar-refractivity contribution < 1.29 is 0 Å². The molecule has 0 heterocycles. The van der Waals surface area contributed by atoms with Crippen LogP contribution in [-0.2, 0) is 0 Å². The highest BCUT2D eigenvalue weighted by molar-refractivity contribution is 9.28. The molecule has 2 heteroatoms. The Morgan fingerprint density at radius 1 is 1.06 bits per heavy atom. The van der Waals surface area contributed by atoms with Crippen molar-refractivity contribution >= 4 is 31.9 Å². The second-order valence-electron chi connectivity index (χ2n) is 7.14. The van der Waals surface area contributed by atoms with Crippen LogP contribution in [0.5, 0.6) is 0 Å². The minimum atomic E-state index is 0.407. The number of hydrogen-bond acceptors (Lipinski definition) is 0. The molecule has 2 unspecified atom stereocenters. The van der Waals surface area contributed by atoms with Crippen LogP contribution in [0.2, 0.25) is 0 Å². The van der Waals surface area contributed by atoms with Crippen molar-refractivity contribution in [1.29, 1.82) is 0 Å². The van der Waals surface area contributed by atoms with E-state index in [9.17, 15) is 0 Å². The fraction of sp³-hybridized carbons (Fsp3) is 0.867. The van der Waals surface area contributed by atoms with E-state index in [4.69, 9.17) is 0 Å². The van der Waals surface area contributed by atoms with Crippen molar-refractivity contribution in [1.82, 2.24) is 0 Å². The number of allylic oxidation sites excluding steroid dienone is 1. The standard InChI is InChI=1S/C15H22Br2/c1-13(2)10-6-9-14(13,3)11(12(16)17)15(10)7-4-5-8-15/h10H,4-9H2,1-3H3. The van der Waals surface area contributed by atoms with Gasteiger partial charge < -0.3 is 0 Å². The predicted octanol–water partition coefficient (Wildman–Crippen LogP) is 6.00. The molecule has 1 spiro atoms. The molecule has 0 saturated heterocycles. The fourth-order valence-electron chi connectivity index (χ4n) is 5.64. The van der Waals surface area contributed by atoms with Gasteiger partial charge in [0.1, 0.15) is 0 Å². The first-order valence-electron chi connectivity index (χ1n) is 6.92. The second kappa shape index (κ2) is 3.62. The predicted molar refractivity (Wildman–Crippen MR) is 80.4 cm³/mol. The summed E-state index contributed by atoms with van der Waals surface area (Å²) in [5.74, 6) is 0.905. The lowest BCUT2D eigenvalue weighted by atomic mass is 9.66. The van der Waals surface area contributed by atoms with E-state index in [1.54, 1.807) is 5.57 Å². The third-order valence-corrected chi connectivity index (χ3v) is 7.42. The Kier molecular flexibility index (Phi) is 2.71. The molecule has 0 aromatic rings. The van der Waals surface area contributed by atoms with E-state index < -0.39 is 0 Å². The molecule has 0 amide bonds. The summed E-state index contributed by atoms with van der Waals surface area (Å²) in [6.45, 7) is 7.54. The lowest BCUT2D eigenvalue weighted by Gasteiger charge is -2.40. The molecule has 0 radical (unpaired) electrons. The first-order chi connectivity index (χ1) is 7.86. The van der Waals surface area contributed by atoms with Crippen LogP contribution >= 0.6 is 31.9 Å². The first-order valence-corrected chi connectivity index (χ1v) is 8.51. The molecule has 0 aromatic carbocycles. The Morgan fingerprint density at radius 2 is 1.65 bits per heavy atom. The Balaban J connectivity index is 2.23. The van der Waals surface area contributed by atoms with Gasteiger partial charge in [-0.05, 0) is 85.3 Å². The lowest BCUT2D eigenvalue weighted by Crippen LogP contribution is -2.30. The fourth-order valence-corrected chi connectivity index (χ4v) is 7.30. The third-order valence-electron chi connectivity index (χ3n) is 6.63. The summed E-state index contributed by atoms with van der Waals surface area (Å²) in [6.07, 6.45) is 8.53. The molecule has 3 aliphatic rings. The van der Waals surface area contributed by atoms with Crippen LogP contribution in [0.4, 0.5) is 0 Å². The molecule has 3 rings (SSSR count). The average molecular weight is 362 g/mol. The van der Waals surface area contributed by atoms with Crippen molar-refractivity contribution in [3.63, 3.8) is 0 Å². The quantitative estimate of drug-likeness (QED) is 0.496. The lowest BCUT2D eigenvalue weighted by molar-refractivity contribution is 0.140. The van der Waals surface area contributed by atoms with Gasteiger partial charge in [-0.15, -0.1) is 0 Å². The topological polar surface area (TPSA) is 0 Å². The SMILES string of the molecule is CC12CCC(C3(CCCC3)C1=C(Br)Br)C2(C)C. The molecule has 2 atom stereocenters. The van der Waals surface area contributed by atoms with Crippen LogP contribution < -0.4 is 0 Å². The summed E-state index contributed by atoms with van der Waals surface area (Å²) in [5, 5.41) is 0. The van der Waals surface area contributed by atoms with Crippen LogP contribution in [0.1, 0.15) is 59.3 Å². The van der Waals surface area contributed by atoms with Crippen molar-refractivity contribution in [3.05, 3.63) is 8.96 Å². The van der Waals surface area contributed by atoms with Gasteiger partial charge in [0.2, 0.25) is 0 Å². The molecule has 3 saturated carbocycles. The molecule has 0 aliphatic heterocycles. The summed E-state index contributed by atoms with van der Waals surface area (Å²) >= 11 is 7.54. The summed E-state index contributed by atoms with van der Waals surface area (Å²) < 4.78 is 1.27. The van der Waals surface area contributed by atoms with Gasteiger partial charge in [-0.3, -0.25) is 0 Å². The molecule has 0 nitrogen and oxygen atoms in total. The largest absolute Gasteiger partial charge is 0.0607 e. The average Bonchev–Trinajstić information content (AvgIpc) is 2.77. The van der Waals surface area contributed by atoms with E-state index >= 15 is 0 Å². The summed E-state index contributed by atoms with van der Waals surface area (Å²) in [7, 11) is 0. The highest BCUT2D eigenvalue weighted by atomic mass is 79.9. The maximum Gasteiger partial charge on any atom is 0.0607 e. The highest BCUT2D eigenvalue weighted by Gasteiger charge is 2.70. The maximum atomic E-state index is 3.77. The Hall–Kier alpha value is 0.700. The molecule has 3 aliphatic carbocycles. The van der Waals surface area contributed by atoms with Crippen molar-refractivity contribution in [2.75, 3.05) is 0 Å². The third kappa shape index (κ3) is 1.30. The van der Waals surface area contributed by atoms with E-state index in [1.165, 1.54) is 41.9 Å². The number of halogens is 2. The van der Waals surface area contributed by atoms with Crippen molar-refractivity contribution in [3.8, 4) is 0 Å². The van der Waals surface area contributed by atoms with Crippen LogP contribution in [0, 0.1) is 22.2 Å². The molecule has 2 bridgehead atoms. The van der Waals surface area contributed by atoms with E-state index in [2.05, 4.69) is 52.6 Å². The van der Waals surface area contributed by atoms with Gasteiger partial charge in [0, 0.05) is 0 Å². The molecular weight excluding hydrogens is 340 g/mol. The van der Waals surface area contributed by atoms with E-state index in [1.807, 2.05) is 0 Å². The maximum absolute atomic E-state index is 3.77. The van der Waals surface area contributed by atoms with Gasteiger partial charge in [0.25, 0.3) is 0 Å². The molecule has 17 heavy (non-hydrogen) atoms. The van der Waals surface area contributed by atoms with E-state index in [-0.39, 0.29) is 0 Å². The Labute approximate surface area is 122 Å². The summed E-state index contributed by atoms with van der Waals surface area (Å²) in [4.78, 5) is 0. The van der Waals surface area contributed by atoms with Crippen LogP contribution in [0.15, 0.2) is 8.96 Å². The van der Waals surface area contributed by atoms with E-state index in [0.29, 0.717) is 16.2 Å². The Bertz CT molecular complexity index is 384. The van der Waals surface area contributed by atoms with Crippen molar-refractivity contribution in [2.45, 2.75) is 59.3 Å². The minimum absolute atomic E-state index is 0.407. The van der Waals surface area contributed by atoms with Crippen LogP contribution in [-0.4, -0.2) is 0 Å². The summed E-state index contributed by atoms with van der Waals surface area (Å²) in [5.41, 5.74) is 3.13. The molecule has 0 aromatic heterocycles. The zero-order chi connectivity index (χ0) is 12.5. The number of hydrogen-bond donors (Lipinski definition) is 0. The van der Waals surface area contributed by atoms with E-state index in [0.717, 1.165) is 5.92 Å². The van der Waals surface area contributed by atoms with Gasteiger partial charge in [-0.2, -0.15) is 0 Å². The monoisotopic (exact) mass is 360 g/mol. The molecular formula is C15H22Br2. The molecule has 0 N–H and O–H groups in total. The van der Waals surface area contributed by atoms with Gasteiger partial charge >= 0.3 is 0 Å². The van der Waals surface area contributed by atoms with Gasteiger partial charge in [-0.25, -0.2) is 0 Å². The minimum Gasteiger partial charge on any atom is -0.0588 e. The van der Waals surface area contributed by atoms with Gasteiger partial charge in [0.15, 0.2) is 0 Å². The normalized spacial score (nSPS) is 41.5. The number of rotatable bonds is 0. The van der Waals surface area contributed by atoms with Crippen LogP contribution in [0.25, 0.3) is 0 Å². The zero-order valence-electron chi connectivity index (χ0n) is 11.1. The Morgan fingerprint density at radius 3 is 2.18 bits per heavy atom. The zero-order valence-corrected chi connectivity index (χ0v) is 14.2. The summed E-state index contributed by atoms with van der Waals surface area (Å²) in [6, 6.07) is 0. The van der Waals surface area contributed by atoms with Gasteiger partial charge in [0.05, 0.1) is 3.39 Å².